The fraction of sp³-hybridized carbons (Fsp3) is 0.588. The Morgan fingerprint density at radius 2 is 2.09 bits per heavy atom. The monoisotopic (exact) mass is 300 g/mol. The summed E-state index contributed by atoms with van der Waals surface area (Å²) >= 11 is 0. The molecule has 0 spiro atoms. The third kappa shape index (κ3) is 2.72. The van der Waals surface area contributed by atoms with Crippen LogP contribution in [0.4, 0.5) is 0 Å². The summed E-state index contributed by atoms with van der Waals surface area (Å²) in [6, 6.07) is 2.23. The van der Waals surface area contributed by atoms with E-state index in [1.807, 2.05) is 27.0 Å². The molecule has 1 saturated carbocycles. The Hall–Kier alpha value is -1.91. The molecular weight excluding hydrogens is 276 g/mol. The van der Waals surface area contributed by atoms with E-state index in [0.717, 1.165) is 35.3 Å². The molecule has 0 radical (unpaired) electrons. The van der Waals surface area contributed by atoms with Crippen molar-refractivity contribution in [2.45, 2.75) is 52.5 Å². The molecule has 0 saturated heterocycles. The second-order valence-electron chi connectivity index (χ2n) is 6.64. The lowest BCUT2D eigenvalue weighted by Crippen LogP contribution is -2.38. The van der Waals surface area contributed by atoms with E-state index in [1.165, 1.54) is 12.8 Å². The highest BCUT2D eigenvalue weighted by Gasteiger charge is 2.22. The van der Waals surface area contributed by atoms with Crippen molar-refractivity contribution in [3.05, 3.63) is 23.0 Å². The second-order valence-corrected chi connectivity index (χ2v) is 6.64. The maximum absolute atomic E-state index is 12.6. The summed E-state index contributed by atoms with van der Waals surface area (Å²) in [5.74, 6) is 0.690. The number of aryl methyl sites for hydroxylation is 3. The van der Waals surface area contributed by atoms with Crippen molar-refractivity contribution in [2.75, 3.05) is 0 Å². The van der Waals surface area contributed by atoms with Gasteiger partial charge in [-0.1, -0.05) is 19.8 Å². The highest BCUT2D eigenvalue weighted by atomic mass is 16.1. The molecule has 0 bridgehead atoms. The number of carbonyl (C=O) groups is 1. The lowest BCUT2D eigenvalue weighted by molar-refractivity contribution is 0.0920. The quantitative estimate of drug-likeness (QED) is 0.927. The first-order chi connectivity index (χ1) is 10.5. The Morgan fingerprint density at radius 1 is 1.32 bits per heavy atom. The molecule has 1 aliphatic carbocycles. The van der Waals surface area contributed by atoms with Crippen LogP contribution in [0.1, 0.15) is 54.4 Å². The van der Waals surface area contributed by atoms with Gasteiger partial charge in [0.1, 0.15) is 0 Å². The molecule has 0 aliphatic heterocycles. The lowest BCUT2D eigenvalue weighted by atomic mass is 9.87. The number of carbonyl (C=O) groups excluding carboxylic acids is 1. The number of amides is 1. The van der Waals surface area contributed by atoms with E-state index in [2.05, 4.69) is 22.3 Å². The minimum absolute atomic E-state index is 0.00532. The molecule has 0 aromatic carbocycles. The second kappa shape index (κ2) is 5.71. The maximum atomic E-state index is 12.6. The van der Waals surface area contributed by atoms with E-state index >= 15 is 0 Å². The molecule has 2 aromatic heterocycles. The number of hydrogen-bond acceptors (Lipinski definition) is 3. The van der Waals surface area contributed by atoms with Crippen LogP contribution in [-0.2, 0) is 7.05 Å². The van der Waals surface area contributed by atoms with Gasteiger partial charge in [0.2, 0.25) is 0 Å². The Morgan fingerprint density at radius 3 is 2.82 bits per heavy atom. The first kappa shape index (κ1) is 15.0. The predicted molar refractivity (Wildman–Crippen MR) is 86.9 cm³/mol. The molecular formula is C17H24N4O. The summed E-state index contributed by atoms with van der Waals surface area (Å²) in [7, 11) is 1.88. The Balaban J connectivity index is 1.87. The Labute approximate surface area is 131 Å². The number of nitrogens with zero attached hydrogens (tertiary/aromatic N) is 3. The Bertz CT molecular complexity index is 719. The normalized spacial score (nSPS) is 22.0. The number of hydrogen-bond donors (Lipinski definition) is 1. The standard InChI is InChI=1S/C17H24N4O/c1-10-6-5-7-13(8-10)19-17(22)15-9-14-12(3)20-21(4)16(14)18-11(15)2/h9-10,13H,5-8H2,1-4H3,(H,19,22)/t10-,13-/m1/s1. The van der Waals surface area contributed by atoms with Crippen molar-refractivity contribution < 1.29 is 4.79 Å². The highest BCUT2D eigenvalue weighted by molar-refractivity contribution is 5.98. The molecule has 3 rings (SSSR count). The number of fused-ring (bicyclic) bond motifs is 1. The highest BCUT2D eigenvalue weighted by Crippen LogP contribution is 2.24. The lowest BCUT2D eigenvalue weighted by Gasteiger charge is -2.27. The van der Waals surface area contributed by atoms with E-state index in [4.69, 9.17) is 0 Å². The summed E-state index contributed by atoms with van der Waals surface area (Å²) < 4.78 is 1.77. The molecule has 118 valence electrons. The average Bonchev–Trinajstić information content (AvgIpc) is 2.72. The van der Waals surface area contributed by atoms with E-state index in [0.29, 0.717) is 17.5 Å². The minimum Gasteiger partial charge on any atom is -0.349 e. The van der Waals surface area contributed by atoms with Gasteiger partial charge in [0.05, 0.1) is 17.0 Å². The number of aromatic nitrogens is 3. The molecule has 2 aromatic rings. The van der Waals surface area contributed by atoms with Gasteiger partial charge in [-0.2, -0.15) is 5.10 Å². The zero-order chi connectivity index (χ0) is 15.9. The number of nitrogens with one attached hydrogen (secondary N) is 1. The maximum Gasteiger partial charge on any atom is 0.253 e. The molecule has 0 unspecified atom stereocenters. The van der Waals surface area contributed by atoms with Gasteiger partial charge in [-0.05, 0) is 38.7 Å². The van der Waals surface area contributed by atoms with Crippen LogP contribution in [0.3, 0.4) is 0 Å². The largest absolute Gasteiger partial charge is 0.349 e. The zero-order valence-electron chi connectivity index (χ0n) is 13.8. The predicted octanol–water partition coefficient (Wildman–Crippen LogP) is 2.89. The molecule has 22 heavy (non-hydrogen) atoms. The van der Waals surface area contributed by atoms with E-state index in [-0.39, 0.29) is 5.91 Å². The minimum atomic E-state index is -0.00532. The van der Waals surface area contributed by atoms with Crippen molar-refractivity contribution >= 4 is 16.9 Å². The first-order valence-electron chi connectivity index (χ1n) is 8.07. The molecule has 2 heterocycles. The molecule has 5 heteroatoms. The molecule has 1 amide bonds. The van der Waals surface area contributed by atoms with Gasteiger partial charge in [-0.25, -0.2) is 4.98 Å². The summed E-state index contributed by atoms with van der Waals surface area (Å²) in [6.45, 7) is 6.10. The fourth-order valence-corrected chi connectivity index (χ4v) is 3.49. The molecule has 1 N–H and O–H groups in total. The van der Waals surface area contributed by atoms with Crippen molar-refractivity contribution in [1.82, 2.24) is 20.1 Å². The van der Waals surface area contributed by atoms with Crippen molar-refractivity contribution in [1.29, 1.82) is 0 Å². The summed E-state index contributed by atoms with van der Waals surface area (Å²) in [6.07, 6.45) is 4.63. The molecule has 1 fully saturated rings. The van der Waals surface area contributed by atoms with E-state index in [1.54, 1.807) is 4.68 Å². The summed E-state index contributed by atoms with van der Waals surface area (Å²) in [5.41, 5.74) is 3.17. The van der Waals surface area contributed by atoms with Crippen LogP contribution in [-0.4, -0.2) is 26.7 Å². The summed E-state index contributed by atoms with van der Waals surface area (Å²) in [4.78, 5) is 17.2. The summed E-state index contributed by atoms with van der Waals surface area (Å²) in [5, 5.41) is 8.52. The van der Waals surface area contributed by atoms with Gasteiger partial charge < -0.3 is 5.32 Å². The van der Waals surface area contributed by atoms with Gasteiger partial charge in [-0.3, -0.25) is 9.48 Å². The van der Waals surface area contributed by atoms with Crippen molar-refractivity contribution in [3.63, 3.8) is 0 Å². The van der Waals surface area contributed by atoms with Gasteiger partial charge in [0, 0.05) is 18.5 Å². The third-order valence-electron chi connectivity index (χ3n) is 4.71. The fourth-order valence-electron chi connectivity index (χ4n) is 3.49. The van der Waals surface area contributed by atoms with Gasteiger partial charge in [-0.15, -0.1) is 0 Å². The van der Waals surface area contributed by atoms with Crippen molar-refractivity contribution in [3.8, 4) is 0 Å². The van der Waals surface area contributed by atoms with Crippen LogP contribution < -0.4 is 5.32 Å². The number of pyridine rings is 1. The Kier molecular flexibility index (Phi) is 3.89. The van der Waals surface area contributed by atoms with Gasteiger partial charge >= 0.3 is 0 Å². The van der Waals surface area contributed by atoms with E-state index in [9.17, 15) is 4.79 Å². The number of rotatable bonds is 2. The van der Waals surface area contributed by atoms with Crippen LogP contribution in [0.2, 0.25) is 0 Å². The van der Waals surface area contributed by atoms with Crippen LogP contribution in [0, 0.1) is 19.8 Å². The molecule has 2 atom stereocenters. The third-order valence-corrected chi connectivity index (χ3v) is 4.71. The van der Waals surface area contributed by atoms with Crippen molar-refractivity contribution in [2.24, 2.45) is 13.0 Å². The first-order valence-corrected chi connectivity index (χ1v) is 8.07. The zero-order valence-corrected chi connectivity index (χ0v) is 13.8. The van der Waals surface area contributed by atoms with Crippen LogP contribution >= 0.6 is 0 Å². The van der Waals surface area contributed by atoms with Crippen LogP contribution in [0.5, 0.6) is 0 Å². The molecule has 1 aliphatic rings. The smallest absolute Gasteiger partial charge is 0.253 e. The van der Waals surface area contributed by atoms with Gasteiger partial charge in [0.25, 0.3) is 5.91 Å². The van der Waals surface area contributed by atoms with Crippen LogP contribution in [0.25, 0.3) is 11.0 Å². The van der Waals surface area contributed by atoms with E-state index < -0.39 is 0 Å². The van der Waals surface area contributed by atoms with Gasteiger partial charge in [0.15, 0.2) is 5.65 Å². The molecule has 5 nitrogen and oxygen atoms in total. The van der Waals surface area contributed by atoms with Crippen LogP contribution in [0.15, 0.2) is 6.07 Å². The average molecular weight is 300 g/mol. The topological polar surface area (TPSA) is 59.8 Å². The SMILES string of the molecule is Cc1nc2c(cc1C(=O)N[C@@H]1CCC[C@@H](C)C1)c(C)nn2C.